The Labute approximate surface area is 73.8 Å². The largest absolute Gasteiger partial charge is 0.461 e. The third-order valence-electron chi connectivity index (χ3n) is 1.69. The van der Waals surface area contributed by atoms with Crippen LogP contribution in [-0.2, 0) is 9.53 Å². The molecule has 1 N–H and O–H groups in total. The van der Waals surface area contributed by atoms with Crippen LogP contribution >= 0.6 is 0 Å². The second-order valence-corrected chi connectivity index (χ2v) is 2.66. The van der Waals surface area contributed by atoms with Crippen LogP contribution in [0.1, 0.15) is 20.3 Å². The quantitative estimate of drug-likeness (QED) is 0.497. The van der Waals surface area contributed by atoms with Gasteiger partial charge in [0.05, 0.1) is 6.10 Å². The van der Waals surface area contributed by atoms with Crippen LogP contribution in [0.5, 0.6) is 0 Å². The summed E-state index contributed by atoms with van der Waals surface area (Å²) in [4.78, 5) is 11.2. The molecule has 0 saturated heterocycles. The van der Waals surface area contributed by atoms with Gasteiger partial charge in [-0.2, -0.15) is 0 Å². The fourth-order valence-electron chi connectivity index (χ4n) is 0.687. The number of rotatable bonds is 5. The van der Waals surface area contributed by atoms with Gasteiger partial charge in [0, 0.05) is 0 Å². The molecule has 0 aromatic rings. The third-order valence-corrected chi connectivity index (χ3v) is 1.69. The minimum atomic E-state index is -0.390. The number of likely N-dealkylation sites (N-methyl/N-ethyl adjacent to an activating group) is 1. The maximum Gasteiger partial charge on any atom is 0.327 e. The summed E-state index contributed by atoms with van der Waals surface area (Å²) in [7, 11) is 1.70. The highest BCUT2D eigenvalue weighted by Gasteiger charge is 2.15. The topological polar surface area (TPSA) is 38.3 Å². The van der Waals surface area contributed by atoms with E-state index in [4.69, 9.17) is 4.74 Å². The van der Waals surface area contributed by atoms with Crippen LogP contribution in [0.4, 0.5) is 0 Å². The van der Waals surface area contributed by atoms with Gasteiger partial charge in [0.2, 0.25) is 0 Å². The van der Waals surface area contributed by atoms with Crippen LogP contribution in [0, 0.1) is 0 Å². The summed E-state index contributed by atoms with van der Waals surface area (Å²) < 4.78 is 5.07. The lowest BCUT2D eigenvalue weighted by Crippen LogP contribution is -2.35. The molecule has 12 heavy (non-hydrogen) atoms. The van der Waals surface area contributed by atoms with Gasteiger partial charge in [0.25, 0.3) is 0 Å². The molecular weight excluding hydrogens is 154 g/mol. The van der Waals surface area contributed by atoms with E-state index in [2.05, 4.69) is 11.9 Å². The van der Waals surface area contributed by atoms with Crippen molar-refractivity contribution < 1.29 is 9.53 Å². The first-order valence-electron chi connectivity index (χ1n) is 4.16. The molecule has 0 saturated carbocycles. The zero-order valence-corrected chi connectivity index (χ0v) is 7.96. The first-order chi connectivity index (χ1) is 5.65. The van der Waals surface area contributed by atoms with Crippen molar-refractivity contribution in [2.24, 2.45) is 0 Å². The Morgan fingerprint density at radius 1 is 1.75 bits per heavy atom. The monoisotopic (exact) mass is 171 g/mol. The van der Waals surface area contributed by atoms with Crippen molar-refractivity contribution in [2.45, 2.75) is 32.4 Å². The minimum absolute atomic E-state index is 0.0201. The predicted molar refractivity (Wildman–Crippen MR) is 48.9 cm³/mol. The first kappa shape index (κ1) is 11.2. The molecule has 0 aliphatic carbocycles. The molecule has 0 bridgehead atoms. The van der Waals surface area contributed by atoms with Gasteiger partial charge >= 0.3 is 5.97 Å². The number of hydrogen-bond acceptors (Lipinski definition) is 3. The summed E-state index contributed by atoms with van der Waals surface area (Å²) in [5.41, 5.74) is 0. The Morgan fingerprint density at radius 2 is 2.33 bits per heavy atom. The molecule has 0 unspecified atom stereocenters. The minimum Gasteiger partial charge on any atom is -0.461 e. The van der Waals surface area contributed by atoms with Gasteiger partial charge in [-0.05, 0) is 20.4 Å². The molecule has 0 spiro atoms. The van der Waals surface area contributed by atoms with Crippen LogP contribution in [0.2, 0.25) is 0 Å². The highest BCUT2D eigenvalue weighted by Crippen LogP contribution is 1.99. The van der Waals surface area contributed by atoms with E-state index in [1.165, 1.54) is 6.08 Å². The molecule has 0 fully saturated rings. The Bertz CT molecular complexity index is 157. The predicted octanol–water partition coefficient (Wildman–Crippen LogP) is 1.10. The Morgan fingerprint density at radius 3 is 2.67 bits per heavy atom. The van der Waals surface area contributed by atoms with Crippen molar-refractivity contribution in [1.82, 2.24) is 5.32 Å². The third kappa shape index (κ3) is 3.53. The summed E-state index contributed by atoms with van der Waals surface area (Å²) >= 11 is 0. The average Bonchev–Trinajstić information content (AvgIpc) is 2.06. The molecule has 0 aliphatic rings. The van der Waals surface area contributed by atoms with Gasteiger partial charge in [0.15, 0.2) is 0 Å². The summed E-state index contributed by atoms with van der Waals surface area (Å²) in [5.74, 6) is -0.262. The highest BCUT2D eigenvalue weighted by molar-refractivity contribution is 5.77. The van der Waals surface area contributed by atoms with E-state index in [1.54, 1.807) is 7.05 Å². The average molecular weight is 171 g/mol. The van der Waals surface area contributed by atoms with E-state index in [-0.39, 0.29) is 18.1 Å². The van der Waals surface area contributed by atoms with Crippen LogP contribution in [-0.4, -0.2) is 25.2 Å². The molecule has 3 nitrogen and oxygen atoms in total. The van der Waals surface area contributed by atoms with E-state index in [0.717, 1.165) is 6.42 Å². The van der Waals surface area contributed by atoms with Gasteiger partial charge < -0.3 is 10.1 Å². The Hall–Kier alpha value is -0.830. The second kappa shape index (κ2) is 5.77. The molecule has 0 amide bonds. The fraction of sp³-hybridized carbons (Fsp3) is 0.667. The Balaban J connectivity index is 3.92. The number of esters is 1. The maximum absolute atomic E-state index is 11.2. The van der Waals surface area contributed by atoms with Crippen molar-refractivity contribution in [3.05, 3.63) is 12.7 Å². The molecule has 2 atom stereocenters. The summed E-state index contributed by atoms with van der Waals surface area (Å²) in [5, 5.41) is 2.79. The summed E-state index contributed by atoms with van der Waals surface area (Å²) in [6, 6.07) is -0.390. The lowest BCUT2D eigenvalue weighted by atomic mass is 10.3. The molecule has 3 heteroatoms. The van der Waals surface area contributed by atoms with Crippen LogP contribution in [0.3, 0.4) is 0 Å². The van der Waals surface area contributed by atoms with Crippen molar-refractivity contribution in [1.29, 1.82) is 0 Å². The molecule has 0 aliphatic heterocycles. The van der Waals surface area contributed by atoms with E-state index in [0.29, 0.717) is 0 Å². The zero-order chi connectivity index (χ0) is 9.56. The number of nitrogens with one attached hydrogen (secondary N) is 1. The second-order valence-electron chi connectivity index (χ2n) is 2.66. The van der Waals surface area contributed by atoms with E-state index >= 15 is 0 Å². The molecular formula is C9H17NO2. The zero-order valence-electron chi connectivity index (χ0n) is 7.96. The maximum atomic E-state index is 11.2. The molecule has 0 heterocycles. The number of ether oxygens (including phenoxy) is 1. The lowest BCUT2D eigenvalue weighted by molar-refractivity contribution is -0.149. The van der Waals surface area contributed by atoms with Gasteiger partial charge in [-0.15, -0.1) is 6.58 Å². The van der Waals surface area contributed by atoms with Gasteiger partial charge in [-0.3, -0.25) is 0 Å². The molecule has 0 radical (unpaired) electrons. The molecule has 0 aromatic carbocycles. The number of hydrogen-bond donors (Lipinski definition) is 1. The molecule has 70 valence electrons. The van der Waals surface area contributed by atoms with Crippen molar-refractivity contribution in [3.63, 3.8) is 0 Å². The van der Waals surface area contributed by atoms with Crippen LogP contribution in [0.25, 0.3) is 0 Å². The molecule has 0 rings (SSSR count). The standard InChI is InChI=1S/C9H17NO2/c1-5-7(3)12-9(11)8(6-2)10-4/h6-8,10H,2,5H2,1,3-4H3/t7-,8-/m0/s1. The summed E-state index contributed by atoms with van der Waals surface area (Å²) in [6.45, 7) is 7.36. The fourth-order valence-corrected chi connectivity index (χ4v) is 0.687. The van der Waals surface area contributed by atoms with Gasteiger partial charge in [0.1, 0.15) is 6.04 Å². The lowest BCUT2D eigenvalue weighted by Gasteiger charge is -2.15. The van der Waals surface area contributed by atoms with Crippen LogP contribution < -0.4 is 5.32 Å². The Kier molecular flexibility index (Phi) is 5.37. The molecule has 0 aromatic heterocycles. The van der Waals surface area contributed by atoms with E-state index in [9.17, 15) is 4.79 Å². The van der Waals surface area contributed by atoms with E-state index < -0.39 is 0 Å². The van der Waals surface area contributed by atoms with E-state index in [1.807, 2.05) is 13.8 Å². The SMILES string of the molecule is C=C[C@H](NC)C(=O)O[C@@H](C)CC. The number of carbonyl (C=O) groups excluding carboxylic acids is 1. The van der Waals surface area contributed by atoms with Crippen molar-refractivity contribution in [3.8, 4) is 0 Å². The van der Waals surface area contributed by atoms with Crippen molar-refractivity contribution >= 4 is 5.97 Å². The van der Waals surface area contributed by atoms with Crippen LogP contribution in [0.15, 0.2) is 12.7 Å². The normalized spacial score (nSPS) is 14.9. The highest BCUT2D eigenvalue weighted by atomic mass is 16.5. The van der Waals surface area contributed by atoms with Gasteiger partial charge in [-0.1, -0.05) is 13.0 Å². The van der Waals surface area contributed by atoms with Crippen molar-refractivity contribution in [2.75, 3.05) is 7.05 Å². The first-order valence-corrected chi connectivity index (χ1v) is 4.16. The smallest absolute Gasteiger partial charge is 0.327 e. The van der Waals surface area contributed by atoms with Gasteiger partial charge in [-0.25, -0.2) is 4.79 Å². The summed E-state index contributed by atoms with van der Waals surface area (Å²) in [6.07, 6.45) is 2.35. The number of carbonyl (C=O) groups is 1.